The molecule has 2 N–H and O–H groups in total. The molecule has 3 heteroatoms. The molecule has 31 heavy (non-hydrogen) atoms. The van der Waals surface area contributed by atoms with Crippen molar-refractivity contribution in [3.05, 3.63) is 12.2 Å². The van der Waals surface area contributed by atoms with Gasteiger partial charge >= 0.3 is 0 Å². The first-order valence-corrected chi connectivity index (χ1v) is 13.4. The summed E-state index contributed by atoms with van der Waals surface area (Å²) in [6.45, 7) is 11.2. The lowest BCUT2D eigenvalue weighted by molar-refractivity contribution is -0.127. The van der Waals surface area contributed by atoms with Gasteiger partial charge in [-0.2, -0.15) is 0 Å². The number of fused-ring (bicyclic) bond motifs is 5. The van der Waals surface area contributed by atoms with Crippen molar-refractivity contribution in [3.8, 4) is 0 Å². The van der Waals surface area contributed by atoms with Gasteiger partial charge in [0.2, 0.25) is 0 Å². The van der Waals surface area contributed by atoms with Crippen LogP contribution in [0.25, 0.3) is 0 Å². The second-order valence-corrected chi connectivity index (χ2v) is 13.3. The van der Waals surface area contributed by atoms with Crippen LogP contribution in [0.1, 0.15) is 79.1 Å². The summed E-state index contributed by atoms with van der Waals surface area (Å²) in [5, 5.41) is 21.4. The van der Waals surface area contributed by atoms with Crippen LogP contribution in [0.4, 0.5) is 0 Å². The van der Waals surface area contributed by atoms with Crippen LogP contribution in [-0.4, -0.2) is 47.0 Å². The monoisotopic (exact) mass is 429 g/mol. The van der Waals surface area contributed by atoms with Crippen LogP contribution in [0.3, 0.4) is 0 Å². The zero-order valence-corrected chi connectivity index (χ0v) is 20.6. The predicted molar refractivity (Wildman–Crippen MR) is 126 cm³/mol. The number of aliphatic hydroxyl groups excluding tert-OH is 2. The number of hydrogen-bond donors (Lipinski definition) is 2. The maximum atomic E-state index is 11.1. The molecule has 0 spiro atoms. The fourth-order valence-electron chi connectivity index (χ4n) is 9.60. The third kappa shape index (κ3) is 3.56. The van der Waals surface area contributed by atoms with E-state index in [1.165, 1.54) is 32.2 Å². The molecule has 5 rings (SSSR count). The largest absolute Gasteiger partial charge is 0.393 e. The topological polar surface area (TPSA) is 43.7 Å². The molecule has 0 amide bonds. The number of likely N-dealkylation sites (tertiary alicyclic amines) is 1. The van der Waals surface area contributed by atoms with Crippen molar-refractivity contribution in [2.24, 2.45) is 52.3 Å². The Morgan fingerprint density at radius 1 is 1.00 bits per heavy atom. The Balaban J connectivity index is 1.36. The van der Waals surface area contributed by atoms with E-state index in [0.29, 0.717) is 35.0 Å². The Morgan fingerprint density at radius 3 is 2.52 bits per heavy atom. The van der Waals surface area contributed by atoms with E-state index >= 15 is 0 Å². The molecule has 1 saturated heterocycles. The normalized spacial score (nSPS) is 55.9. The molecule has 0 aromatic heterocycles. The Labute approximate surface area is 190 Å². The third-order valence-corrected chi connectivity index (χ3v) is 11.4. The molecule has 176 valence electrons. The van der Waals surface area contributed by atoms with Crippen LogP contribution >= 0.6 is 0 Å². The van der Waals surface area contributed by atoms with Gasteiger partial charge in [0.15, 0.2) is 0 Å². The molecule has 0 radical (unpaired) electrons. The number of piperidine rings is 1. The lowest BCUT2D eigenvalue weighted by atomic mass is 9.51. The molecule has 4 fully saturated rings. The fraction of sp³-hybridized carbons (Fsp3) is 0.929. The van der Waals surface area contributed by atoms with Crippen molar-refractivity contribution in [3.63, 3.8) is 0 Å². The van der Waals surface area contributed by atoms with Gasteiger partial charge in [-0.25, -0.2) is 0 Å². The third-order valence-electron chi connectivity index (χ3n) is 11.4. The van der Waals surface area contributed by atoms with E-state index in [9.17, 15) is 10.2 Å². The van der Waals surface area contributed by atoms with Gasteiger partial charge in [-0.15, -0.1) is 0 Å². The summed E-state index contributed by atoms with van der Waals surface area (Å²) >= 11 is 0. The van der Waals surface area contributed by atoms with Crippen LogP contribution in [-0.2, 0) is 0 Å². The minimum atomic E-state index is -0.230. The van der Waals surface area contributed by atoms with Gasteiger partial charge in [-0.3, -0.25) is 0 Å². The van der Waals surface area contributed by atoms with Crippen molar-refractivity contribution in [2.75, 3.05) is 13.6 Å². The van der Waals surface area contributed by atoms with Gasteiger partial charge in [0, 0.05) is 12.6 Å². The molecular weight excluding hydrogens is 382 g/mol. The SMILES string of the molecule is C[C@H]1CC[C@H]([C@@H](C)[C@@H]2C=C[C@H]3[C@@H]4C[C@@H](O)[C@H]5C[C@@H](O)CC[C@]5(C)[C@H]4C[C@@]3(C)C2)N(C)C1. The van der Waals surface area contributed by atoms with Gasteiger partial charge in [0.25, 0.3) is 0 Å². The minimum Gasteiger partial charge on any atom is -0.393 e. The molecular formula is C28H47NO2. The second-order valence-electron chi connectivity index (χ2n) is 13.3. The summed E-state index contributed by atoms with van der Waals surface area (Å²) in [6.07, 6.45) is 13.9. The number of hydrogen-bond acceptors (Lipinski definition) is 3. The Morgan fingerprint density at radius 2 is 1.77 bits per heavy atom. The summed E-state index contributed by atoms with van der Waals surface area (Å²) in [4.78, 5) is 2.64. The first-order chi connectivity index (χ1) is 14.6. The zero-order valence-electron chi connectivity index (χ0n) is 20.6. The standard InChI is InChI=1S/C28H47NO2/c1-17-6-9-25(29(5)16-17)18(2)19-7-8-22-21-13-26(31)23-12-20(30)10-11-28(23,4)24(21)15-27(22,3)14-19/h7-8,17-26,30-31H,6,9-16H2,1-5H3/t17-,18-,19+,20-,21-,22-,23+,24-,25+,26+,27+,28-/m0/s1. The van der Waals surface area contributed by atoms with Crippen molar-refractivity contribution < 1.29 is 10.2 Å². The molecule has 1 aliphatic heterocycles. The van der Waals surface area contributed by atoms with Gasteiger partial charge in [0.1, 0.15) is 0 Å². The molecule has 4 aliphatic carbocycles. The number of aliphatic hydroxyl groups is 2. The van der Waals surface area contributed by atoms with Crippen LogP contribution < -0.4 is 0 Å². The maximum Gasteiger partial charge on any atom is 0.0577 e. The Kier molecular flexibility index (Phi) is 5.67. The lowest BCUT2D eigenvalue weighted by Crippen LogP contribution is -2.53. The minimum absolute atomic E-state index is 0.205. The predicted octanol–water partition coefficient (Wildman–Crippen LogP) is 5.12. The number of nitrogens with zero attached hydrogens (tertiary/aromatic N) is 1. The van der Waals surface area contributed by atoms with E-state index < -0.39 is 0 Å². The average Bonchev–Trinajstić information content (AvgIpc) is 3.01. The first-order valence-electron chi connectivity index (χ1n) is 13.4. The summed E-state index contributed by atoms with van der Waals surface area (Å²) in [5.74, 6) is 4.49. The molecule has 0 unspecified atom stereocenters. The molecule has 3 saturated carbocycles. The maximum absolute atomic E-state index is 11.1. The Hall–Kier alpha value is -0.380. The number of rotatable bonds is 2. The highest BCUT2D eigenvalue weighted by molar-refractivity contribution is 5.19. The number of allylic oxidation sites excluding steroid dienone is 2. The van der Waals surface area contributed by atoms with Crippen molar-refractivity contribution in [1.29, 1.82) is 0 Å². The van der Waals surface area contributed by atoms with Crippen molar-refractivity contribution in [1.82, 2.24) is 4.90 Å². The van der Waals surface area contributed by atoms with Gasteiger partial charge in [-0.05, 0) is 111 Å². The molecule has 0 aromatic rings. The molecule has 0 aromatic carbocycles. The molecule has 0 bridgehead atoms. The van der Waals surface area contributed by atoms with Gasteiger partial charge in [0.05, 0.1) is 12.2 Å². The molecule has 12 atom stereocenters. The van der Waals surface area contributed by atoms with Crippen molar-refractivity contribution in [2.45, 2.75) is 97.3 Å². The van der Waals surface area contributed by atoms with Gasteiger partial charge < -0.3 is 15.1 Å². The quantitative estimate of drug-likeness (QED) is 0.599. The van der Waals surface area contributed by atoms with Crippen LogP contribution in [0.15, 0.2) is 12.2 Å². The average molecular weight is 430 g/mol. The van der Waals surface area contributed by atoms with E-state index in [4.69, 9.17) is 0 Å². The summed E-state index contributed by atoms with van der Waals surface area (Å²) < 4.78 is 0. The van der Waals surface area contributed by atoms with Crippen LogP contribution in [0.5, 0.6) is 0 Å². The smallest absolute Gasteiger partial charge is 0.0577 e. The van der Waals surface area contributed by atoms with E-state index in [1.54, 1.807) is 0 Å². The highest BCUT2D eigenvalue weighted by Crippen LogP contribution is 2.68. The highest BCUT2D eigenvalue weighted by atomic mass is 16.3. The Bertz CT molecular complexity index is 707. The fourth-order valence-corrected chi connectivity index (χ4v) is 9.60. The molecule has 1 heterocycles. The van der Waals surface area contributed by atoms with E-state index in [-0.39, 0.29) is 23.5 Å². The molecule has 5 aliphatic rings. The van der Waals surface area contributed by atoms with Crippen LogP contribution in [0.2, 0.25) is 0 Å². The highest BCUT2D eigenvalue weighted by Gasteiger charge is 2.62. The van der Waals surface area contributed by atoms with Crippen LogP contribution in [0, 0.1) is 52.3 Å². The summed E-state index contributed by atoms with van der Waals surface area (Å²) in [6, 6.07) is 0.721. The first kappa shape index (κ1) is 22.4. The van der Waals surface area contributed by atoms with Gasteiger partial charge in [-0.1, -0.05) is 39.8 Å². The lowest BCUT2D eigenvalue weighted by Gasteiger charge is -2.55. The molecule has 3 nitrogen and oxygen atoms in total. The van der Waals surface area contributed by atoms with E-state index in [0.717, 1.165) is 37.6 Å². The van der Waals surface area contributed by atoms with E-state index in [2.05, 4.69) is 51.8 Å². The van der Waals surface area contributed by atoms with Crippen molar-refractivity contribution >= 4 is 0 Å². The summed E-state index contributed by atoms with van der Waals surface area (Å²) in [7, 11) is 2.35. The summed E-state index contributed by atoms with van der Waals surface area (Å²) in [5.41, 5.74) is 0.577. The van der Waals surface area contributed by atoms with E-state index in [1.807, 2.05) is 0 Å². The second kappa shape index (κ2) is 7.84. The zero-order chi connectivity index (χ0) is 22.1.